The van der Waals surface area contributed by atoms with Crippen LogP contribution in [0.3, 0.4) is 0 Å². The minimum absolute atomic E-state index is 0.0161. The van der Waals surface area contributed by atoms with Crippen molar-refractivity contribution in [1.82, 2.24) is 0 Å². The summed E-state index contributed by atoms with van der Waals surface area (Å²) in [4.78, 5) is 27.3. The van der Waals surface area contributed by atoms with Crippen LogP contribution in [0.25, 0.3) is 0 Å². The molecule has 1 heterocycles. The van der Waals surface area contributed by atoms with Gasteiger partial charge in [-0.2, -0.15) is 0 Å². The van der Waals surface area contributed by atoms with E-state index in [1.807, 2.05) is 6.92 Å². The Hall–Kier alpha value is -0.723. The van der Waals surface area contributed by atoms with Crippen LogP contribution in [0.5, 0.6) is 0 Å². The highest BCUT2D eigenvalue weighted by molar-refractivity contribution is 6.74. The van der Waals surface area contributed by atoms with Crippen molar-refractivity contribution in [3.63, 3.8) is 0 Å². The molecule has 180 valence electrons. The molecule has 5 rings (SSSR count). The second-order valence-electron chi connectivity index (χ2n) is 13.8. The lowest BCUT2D eigenvalue weighted by atomic mass is 9.41. The van der Waals surface area contributed by atoms with Crippen LogP contribution in [0.15, 0.2) is 0 Å². The van der Waals surface area contributed by atoms with Crippen molar-refractivity contribution < 1.29 is 23.5 Å². The van der Waals surface area contributed by atoms with Gasteiger partial charge in [0.1, 0.15) is 0 Å². The highest BCUT2D eigenvalue weighted by Crippen LogP contribution is 2.80. The minimum atomic E-state index is -1.95. The first-order valence-electron chi connectivity index (χ1n) is 12.6. The molecular weight excluding hydrogens is 420 g/mol. The monoisotopic (exact) mass is 462 g/mol. The first kappa shape index (κ1) is 23.0. The fourth-order valence-electron chi connectivity index (χ4n) is 8.37. The molecule has 1 aliphatic heterocycles. The Morgan fingerprint density at radius 1 is 1.09 bits per heavy atom. The summed E-state index contributed by atoms with van der Waals surface area (Å²) in [5, 5.41) is 0.150. The third-order valence-electron chi connectivity index (χ3n) is 11.4. The largest absolute Gasteiger partial charge is 0.469 e. The average Bonchev–Trinajstić information content (AvgIpc) is 3.53. The third-order valence-corrected chi connectivity index (χ3v) is 15.9. The number of Topliss-reactive ketones (excluding diaryl/α,β-unsaturated/α-hetero) is 1. The molecule has 32 heavy (non-hydrogen) atoms. The lowest BCUT2D eigenvalue weighted by Crippen LogP contribution is -2.65. The van der Waals surface area contributed by atoms with Crippen LogP contribution in [0, 0.1) is 28.1 Å². The Balaban J connectivity index is 1.55. The zero-order valence-electron chi connectivity index (χ0n) is 21.5. The molecule has 0 aromatic carbocycles. The Kier molecular flexibility index (Phi) is 4.38. The van der Waals surface area contributed by atoms with Crippen LogP contribution >= 0.6 is 0 Å². The molecule has 0 amide bonds. The van der Waals surface area contributed by atoms with Crippen LogP contribution in [-0.2, 0) is 23.5 Å². The summed E-state index contributed by atoms with van der Waals surface area (Å²) < 4.78 is 18.6. The zero-order chi connectivity index (χ0) is 23.8. The standard InChI is InChI=1S/C26H42O5Si/c1-21(2,3)32(8,9)31-25-12-13-26(20(28)29-7)16(23(25,5)15-25)10-11-22(4)17(26)14-18-24(6,30-18)19(22)27/h16-18H,10-15H2,1-9H3/t16-,17-,18-,22+,23-,24-,25+,26+/m0/s1. The normalized spacial score (nSPS) is 51.7. The number of rotatable bonds is 3. The molecule has 4 aliphatic carbocycles. The van der Waals surface area contributed by atoms with Crippen molar-refractivity contribution in [2.24, 2.45) is 28.1 Å². The van der Waals surface area contributed by atoms with E-state index in [4.69, 9.17) is 13.9 Å². The number of esters is 1. The molecule has 1 saturated heterocycles. The second kappa shape index (κ2) is 6.09. The molecule has 5 aliphatic rings. The summed E-state index contributed by atoms with van der Waals surface area (Å²) in [5.41, 5.74) is -1.93. The van der Waals surface area contributed by atoms with Crippen LogP contribution in [0.2, 0.25) is 18.1 Å². The number of hydrogen-bond acceptors (Lipinski definition) is 5. The molecule has 0 N–H and O–H groups in total. The predicted molar refractivity (Wildman–Crippen MR) is 125 cm³/mol. The summed E-state index contributed by atoms with van der Waals surface area (Å²) in [7, 11) is -0.432. The number of carbonyl (C=O) groups is 2. The van der Waals surface area contributed by atoms with E-state index in [-0.39, 0.29) is 45.7 Å². The Morgan fingerprint density at radius 2 is 1.75 bits per heavy atom. The maximum atomic E-state index is 13.7. The van der Waals surface area contributed by atoms with Crippen molar-refractivity contribution in [1.29, 1.82) is 0 Å². The smallest absolute Gasteiger partial charge is 0.312 e. The van der Waals surface area contributed by atoms with E-state index in [1.54, 1.807) is 0 Å². The maximum absolute atomic E-state index is 13.7. The van der Waals surface area contributed by atoms with Crippen LogP contribution in [0.4, 0.5) is 0 Å². The number of epoxide rings is 1. The van der Waals surface area contributed by atoms with Crippen LogP contribution in [0.1, 0.15) is 80.1 Å². The summed E-state index contributed by atoms with van der Waals surface area (Å²) >= 11 is 0. The molecule has 5 fully saturated rings. The first-order chi connectivity index (χ1) is 14.5. The van der Waals surface area contributed by atoms with E-state index in [1.165, 1.54) is 7.11 Å². The Labute approximate surface area is 194 Å². The van der Waals surface area contributed by atoms with Gasteiger partial charge in [0.15, 0.2) is 19.7 Å². The SMILES string of the molecule is COC(=O)[C@]12CC[C@@]3(O[Si](C)(C)C(C)(C)C)C[C@@]3(C)[C@@H]1CC[C@@]1(C)C(=O)[C@@]3(C)O[C@H]3C[C@H]21. The van der Waals surface area contributed by atoms with Crippen LogP contribution < -0.4 is 0 Å². The molecule has 0 aromatic heterocycles. The maximum Gasteiger partial charge on any atom is 0.312 e. The molecule has 0 unspecified atom stereocenters. The van der Waals surface area contributed by atoms with Gasteiger partial charge < -0.3 is 13.9 Å². The van der Waals surface area contributed by atoms with E-state index >= 15 is 0 Å². The van der Waals surface area contributed by atoms with E-state index in [0.29, 0.717) is 0 Å². The van der Waals surface area contributed by atoms with Gasteiger partial charge in [0.05, 0.1) is 24.2 Å². The van der Waals surface area contributed by atoms with Crippen molar-refractivity contribution in [3.05, 3.63) is 0 Å². The van der Waals surface area contributed by atoms with Crippen molar-refractivity contribution in [2.75, 3.05) is 7.11 Å². The van der Waals surface area contributed by atoms with Crippen LogP contribution in [-0.4, -0.2) is 44.5 Å². The number of ketones is 1. The third kappa shape index (κ3) is 2.47. The summed E-state index contributed by atoms with van der Waals surface area (Å²) in [6.45, 7) is 18.0. The fraction of sp³-hybridized carbons (Fsp3) is 0.923. The summed E-state index contributed by atoms with van der Waals surface area (Å²) in [6.07, 6.45) is 5.11. The average molecular weight is 463 g/mol. The molecule has 0 radical (unpaired) electrons. The molecule has 6 heteroatoms. The Bertz CT molecular complexity index is 893. The van der Waals surface area contributed by atoms with E-state index in [9.17, 15) is 9.59 Å². The zero-order valence-corrected chi connectivity index (χ0v) is 22.5. The van der Waals surface area contributed by atoms with Gasteiger partial charge in [0.2, 0.25) is 0 Å². The summed E-state index contributed by atoms with van der Waals surface area (Å²) in [6, 6.07) is 0. The molecular formula is C26H42O5Si. The number of hydrogen-bond donors (Lipinski definition) is 0. The van der Waals surface area contributed by atoms with E-state index in [2.05, 4.69) is 47.7 Å². The van der Waals surface area contributed by atoms with Crippen molar-refractivity contribution >= 4 is 20.1 Å². The highest BCUT2D eigenvalue weighted by Gasteiger charge is 2.82. The van der Waals surface area contributed by atoms with Gasteiger partial charge in [-0.1, -0.05) is 34.6 Å². The van der Waals surface area contributed by atoms with Gasteiger partial charge in [-0.3, -0.25) is 9.59 Å². The molecule has 0 aromatic rings. The number of methoxy groups -OCH3 is 1. The van der Waals surface area contributed by atoms with Gasteiger partial charge >= 0.3 is 5.97 Å². The quantitative estimate of drug-likeness (QED) is 0.325. The van der Waals surface area contributed by atoms with Crippen molar-refractivity contribution in [3.8, 4) is 0 Å². The molecule has 5 nitrogen and oxygen atoms in total. The molecule has 4 saturated carbocycles. The molecule has 8 atom stereocenters. The van der Waals surface area contributed by atoms with Gasteiger partial charge in [-0.25, -0.2) is 0 Å². The van der Waals surface area contributed by atoms with E-state index < -0.39 is 24.7 Å². The highest BCUT2D eigenvalue weighted by atomic mass is 28.4. The summed E-state index contributed by atoms with van der Waals surface area (Å²) in [5.74, 6) is 0.278. The van der Waals surface area contributed by atoms with E-state index in [0.717, 1.165) is 38.5 Å². The molecule has 0 spiro atoms. The number of carbonyl (C=O) groups excluding carboxylic acids is 2. The molecule has 0 bridgehead atoms. The lowest BCUT2D eigenvalue weighted by Gasteiger charge is -2.61. The topological polar surface area (TPSA) is 65.1 Å². The predicted octanol–water partition coefficient (Wildman–Crippen LogP) is 5.27. The lowest BCUT2D eigenvalue weighted by molar-refractivity contribution is -0.195. The van der Waals surface area contributed by atoms with Gasteiger partial charge in [-0.05, 0) is 75.4 Å². The number of ether oxygens (including phenoxy) is 2. The first-order valence-corrected chi connectivity index (χ1v) is 15.5. The van der Waals surface area contributed by atoms with Gasteiger partial charge in [0.25, 0.3) is 0 Å². The number of fused-ring (bicyclic) bond motifs is 6. The van der Waals surface area contributed by atoms with Gasteiger partial charge in [-0.15, -0.1) is 0 Å². The van der Waals surface area contributed by atoms with Crippen molar-refractivity contribution in [2.45, 2.75) is 116 Å². The Morgan fingerprint density at radius 3 is 2.34 bits per heavy atom. The minimum Gasteiger partial charge on any atom is -0.469 e. The second-order valence-corrected chi connectivity index (χ2v) is 18.5. The fourth-order valence-corrected chi connectivity index (χ4v) is 10.1. The van der Waals surface area contributed by atoms with Gasteiger partial charge in [0, 0.05) is 10.8 Å².